The predicted octanol–water partition coefficient (Wildman–Crippen LogP) is 2.74. The Balaban J connectivity index is 1.78. The van der Waals surface area contributed by atoms with Gasteiger partial charge in [0.1, 0.15) is 11.6 Å². The molecule has 21 heavy (non-hydrogen) atoms. The molecule has 2 aromatic rings. The minimum absolute atomic E-state index is 0.0930. The van der Waals surface area contributed by atoms with Crippen molar-refractivity contribution in [2.24, 2.45) is 12.5 Å². The number of halogens is 1. The quantitative estimate of drug-likeness (QED) is 0.943. The molecule has 1 saturated heterocycles. The number of hydrogen-bond donors (Lipinski definition) is 1. The molecule has 1 aliphatic rings. The van der Waals surface area contributed by atoms with Gasteiger partial charge >= 0.3 is 0 Å². The number of aromatic nitrogens is 2. The number of nitrogen functional groups attached to an aromatic ring is 1. The highest BCUT2D eigenvalue weighted by molar-refractivity contribution is 6.32. The second-order valence-corrected chi connectivity index (χ2v) is 6.21. The number of benzene rings is 1. The van der Waals surface area contributed by atoms with Crippen molar-refractivity contribution in [3.63, 3.8) is 0 Å². The van der Waals surface area contributed by atoms with Crippen LogP contribution in [0.1, 0.15) is 6.92 Å². The summed E-state index contributed by atoms with van der Waals surface area (Å²) in [4.78, 5) is 0. The summed E-state index contributed by atoms with van der Waals surface area (Å²) in [5.74, 6) is 1.29. The molecule has 2 heterocycles. The second-order valence-electron chi connectivity index (χ2n) is 5.80. The highest BCUT2D eigenvalue weighted by Gasteiger charge is 2.34. The molecule has 3 rings (SSSR count). The summed E-state index contributed by atoms with van der Waals surface area (Å²) in [5, 5.41) is 4.70. The zero-order valence-corrected chi connectivity index (χ0v) is 12.9. The number of ether oxygens (including phenoxy) is 2. The molecule has 0 amide bonds. The van der Waals surface area contributed by atoms with E-state index in [-0.39, 0.29) is 5.41 Å². The molecule has 0 bridgehead atoms. The Morgan fingerprint density at radius 1 is 1.48 bits per heavy atom. The molecule has 1 fully saturated rings. The third-order valence-electron chi connectivity index (χ3n) is 3.70. The minimum Gasteiger partial charge on any atom is -0.491 e. The standard InChI is InChI=1S/C15H18ClN3O2/c1-15(7-20-8-15)9-21-13-4-3-10(5-12(13)16)11-6-18-19(2)14(11)17/h3-6H,7-9,17H2,1-2H3. The van der Waals surface area contributed by atoms with Crippen LogP contribution >= 0.6 is 11.6 Å². The summed E-state index contributed by atoms with van der Waals surface area (Å²) in [6, 6.07) is 5.66. The highest BCUT2D eigenvalue weighted by atomic mass is 35.5. The van der Waals surface area contributed by atoms with Crippen LogP contribution in [-0.4, -0.2) is 29.6 Å². The molecule has 0 spiro atoms. The third-order valence-corrected chi connectivity index (χ3v) is 4.00. The number of rotatable bonds is 4. The van der Waals surface area contributed by atoms with E-state index in [4.69, 9.17) is 26.8 Å². The fourth-order valence-corrected chi connectivity index (χ4v) is 2.48. The normalized spacial score (nSPS) is 16.5. The molecule has 0 radical (unpaired) electrons. The average molecular weight is 308 g/mol. The van der Waals surface area contributed by atoms with Gasteiger partial charge in [0, 0.05) is 18.0 Å². The summed E-state index contributed by atoms with van der Waals surface area (Å²) < 4.78 is 12.6. The van der Waals surface area contributed by atoms with Gasteiger partial charge in [-0.25, -0.2) is 0 Å². The lowest BCUT2D eigenvalue weighted by Gasteiger charge is -2.37. The topological polar surface area (TPSA) is 62.3 Å². The van der Waals surface area contributed by atoms with E-state index in [2.05, 4.69) is 12.0 Å². The molecule has 6 heteroatoms. The molecule has 0 unspecified atom stereocenters. The number of nitrogens with two attached hydrogens (primary N) is 1. The third kappa shape index (κ3) is 2.71. The zero-order chi connectivity index (χ0) is 15.0. The molecule has 0 saturated carbocycles. The van der Waals surface area contributed by atoms with Gasteiger partial charge in [0.25, 0.3) is 0 Å². The van der Waals surface area contributed by atoms with Crippen LogP contribution in [0.15, 0.2) is 24.4 Å². The van der Waals surface area contributed by atoms with Crippen LogP contribution in [0.3, 0.4) is 0 Å². The molecule has 0 aliphatic carbocycles. The van der Waals surface area contributed by atoms with Gasteiger partial charge in [0.15, 0.2) is 0 Å². The van der Waals surface area contributed by atoms with Crippen molar-refractivity contribution >= 4 is 17.4 Å². The zero-order valence-electron chi connectivity index (χ0n) is 12.1. The van der Waals surface area contributed by atoms with E-state index in [0.29, 0.717) is 23.2 Å². The Bertz CT molecular complexity index is 665. The van der Waals surface area contributed by atoms with Crippen LogP contribution in [-0.2, 0) is 11.8 Å². The monoisotopic (exact) mass is 307 g/mol. The Hall–Kier alpha value is -1.72. The summed E-state index contributed by atoms with van der Waals surface area (Å²) in [6.07, 6.45) is 1.73. The SMILES string of the molecule is Cn1ncc(-c2ccc(OCC3(C)COC3)c(Cl)c2)c1N. The van der Waals surface area contributed by atoms with Crippen molar-refractivity contribution in [3.05, 3.63) is 29.4 Å². The van der Waals surface area contributed by atoms with Gasteiger partial charge in [0.2, 0.25) is 0 Å². The summed E-state index contributed by atoms with van der Waals surface area (Å²) in [6.45, 7) is 4.19. The number of anilines is 1. The molecule has 1 aliphatic heterocycles. The van der Waals surface area contributed by atoms with E-state index in [0.717, 1.165) is 24.3 Å². The molecule has 1 aromatic carbocycles. The predicted molar refractivity (Wildman–Crippen MR) is 82.5 cm³/mol. The fourth-order valence-electron chi connectivity index (χ4n) is 2.24. The number of nitrogens with zero attached hydrogens (tertiary/aromatic N) is 2. The maximum atomic E-state index is 6.30. The van der Waals surface area contributed by atoms with Crippen molar-refractivity contribution in [2.75, 3.05) is 25.6 Å². The van der Waals surface area contributed by atoms with Gasteiger partial charge in [-0.1, -0.05) is 24.6 Å². The van der Waals surface area contributed by atoms with Crippen molar-refractivity contribution in [2.45, 2.75) is 6.92 Å². The van der Waals surface area contributed by atoms with Crippen LogP contribution in [0.4, 0.5) is 5.82 Å². The average Bonchev–Trinajstić information content (AvgIpc) is 2.75. The van der Waals surface area contributed by atoms with E-state index in [1.807, 2.05) is 18.2 Å². The molecule has 5 nitrogen and oxygen atoms in total. The van der Waals surface area contributed by atoms with Crippen LogP contribution in [0.5, 0.6) is 5.75 Å². The Morgan fingerprint density at radius 2 is 2.24 bits per heavy atom. The summed E-state index contributed by atoms with van der Waals surface area (Å²) in [5.41, 5.74) is 7.86. The Morgan fingerprint density at radius 3 is 2.76 bits per heavy atom. The van der Waals surface area contributed by atoms with Crippen molar-refractivity contribution in [3.8, 4) is 16.9 Å². The highest BCUT2D eigenvalue weighted by Crippen LogP contribution is 2.34. The van der Waals surface area contributed by atoms with E-state index in [1.165, 1.54) is 0 Å². The molecule has 0 atom stereocenters. The van der Waals surface area contributed by atoms with Gasteiger partial charge in [-0.2, -0.15) is 5.10 Å². The second kappa shape index (κ2) is 5.24. The lowest BCUT2D eigenvalue weighted by atomic mass is 9.90. The van der Waals surface area contributed by atoms with Crippen LogP contribution in [0, 0.1) is 5.41 Å². The summed E-state index contributed by atoms with van der Waals surface area (Å²) >= 11 is 6.30. The van der Waals surface area contributed by atoms with Crippen molar-refractivity contribution in [1.82, 2.24) is 9.78 Å². The van der Waals surface area contributed by atoms with Gasteiger partial charge in [-0.05, 0) is 17.7 Å². The Kier molecular flexibility index (Phi) is 3.55. The largest absolute Gasteiger partial charge is 0.491 e. The van der Waals surface area contributed by atoms with Gasteiger partial charge in [-0.15, -0.1) is 0 Å². The van der Waals surface area contributed by atoms with E-state index >= 15 is 0 Å². The van der Waals surface area contributed by atoms with E-state index < -0.39 is 0 Å². The smallest absolute Gasteiger partial charge is 0.137 e. The lowest BCUT2D eigenvalue weighted by molar-refractivity contribution is -0.120. The maximum absolute atomic E-state index is 6.30. The summed E-state index contributed by atoms with van der Waals surface area (Å²) in [7, 11) is 1.80. The van der Waals surface area contributed by atoms with Crippen molar-refractivity contribution in [1.29, 1.82) is 0 Å². The maximum Gasteiger partial charge on any atom is 0.137 e. The minimum atomic E-state index is 0.0930. The van der Waals surface area contributed by atoms with Gasteiger partial charge in [-0.3, -0.25) is 4.68 Å². The lowest BCUT2D eigenvalue weighted by Crippen LogP contribution is -2.44. The molecular weight excluding hydrogens is 290 g/mol. The first-order valence-electron chi connectivity index (χ1n) is 6.76. The first-order valence-corrected chi connectivity index (χ1v) is 7.14. The van der Waals surface area contributed by atoms with E-state index in [1.54, 1.807) is 17.9 Å². The van der Waals surface area contributed by atoms with Crippen molar-refractivity contribution < 1.29 is 9.47 Å². The fraction of sp³-hybridized carbons (Fsp3) is 0.400. The molecular formula is C15H18ClN3O2. The first-order chi connectivity index (χ1) is 9.98. The Labute approximate surface area is 128 Å². The molecule has 112 valence electrons. The molecule has 2 N–H and O–H groups in total. The van der Waals surface area contributed by atoms with Crippen LogP contribution < -0.4 is 10.5 Å². The van der Waals surface area contributed by atoms with Gasteiger partial charge < -0.3 is 15.2 Å². The van der Waals surface area contributed by atoms with Crippen LogP contribution in [0.2, 0.25) is 5.02 Å². The number of hydrogen-bond acceptors (Lipinski definition) is 4. The van der Waals surface area contributed by atoms with Gasteiger partial charge in [0.05, 0.1) is 31.0 Å². The number of aryl methyl sites for hydroxylation is 1. The molecule has 1 aromatic heterocycles. The van der Waals surface area contributed by atoms with E-state index in [9.17, 15) is 0 Å². The van der Waals surface area contributed by atoms with Crippen LogP contribution in [0.25, 0.3) is 11.1 Å². The first kappa shape index (κ1) is 14.2.